The van der Waals surface area contributed by atoms with Crippen LogP contribution in [0, 0.1) is 13.8 Å². The summed E-state index contributed by atoms with van der Waals surface area (Å²) < 4.78 is 4.67. The van der Waals surface area contributed by atoms with E-state index in [1.54, 1.807) is 12.1 Å². The first kappa shape index (κ1) is 16.9. The number of nitrogens with zero attached hydrogens (tertiary/aromatic N) is 1. The molecule has 0 fully saturated rings. The van der Waals surface area contributed by atoms with E-state index < -0.39 is 18.9 Å². The predicted octanol–water partition coefficient (Wildman–Crippen LogP) is 0.669. The van der Waals surface area contributed by atoms with E-state index in [1.165, 1.54) is 13.9 Å². The zero-order valence-electron chi connectivity index (χ0n) is 12.6. The van der Waals surface area contributed by atoms with Crippen molar-refractivity contribution in [3.63, 3.8) is 0 Å². The topological polar surface area (TPSA) is 102 Å². The normalized spacial score (nSPS) is 11.2. The number of amides is 1. The summed E-state index contributed by atoms with van der Waals surface area (Å²) in [5.41, 5.74) is 8.32. The highest BCUT2D eigenvalue weighted by Crippen LogP contribution is 2.18. The molecule has 7 heteroatoms. The Labute approximate surface area is 124 Å². The van der Waals surface area contributed by atoms with E-state index in [0.29, 0.717) is 5.56 Å². The molecule has 0 aliphatic rings. The second-order valence-corrected chi connectivity index (χ2v) is 4.83. The van der Waals surface area contributed by atoms with Crippen molar-refractivity contribution in [2.75, 3.05) is 7.11 Å². The maximum atomic E-state index is 11.7. The fourth-order valence-corrected chi connectivity index (χ4v) is 2.10. The zero-order chi connectivity index (χ0) is 16.2. The lowest BCUT2D eigenvalue weighted by atomic mass is 9.88. The van der Waals surface area contributed by atoms with Gasteiger partial charge in [-0.25, -0.2) is 4.79 Å². The molecule has 0 bridgehead atoms. The van der Waals surface area contributed by atoms with Gasteiger partial charge in [0.05, 0.1) is 7.11 Å². The van der Waals surface area contributed by atoms with Crippen LogP contribution in [-0.2, 0) is 16.0 Å². The van der Waals surface area contributed by atoms with E-state index in [0.717, 1.165) is 16.7 Å². The van der Waals surface area contributed by atoms with Gasteiger partial charge in [0.15, 0.2) is 0 Å². The van der Waals surface area contributed by atoms with Crippen LogP contribution in [0.5, 0.6) is 0 Å². The third-order valence-electron chi connectivity index (χ3n) is 3.09. The van der Waals surface area contributed by atoms with E-state index in [9.17, 15) is 14.6 Å². The first-order valence-corrected chi connectivity index (χ1v) is 6.49. The van der Waals surface area contributed by atoms with Gasteiger partial charge in [-0.05, 0) is 49.5 Å². The standard InChI is InChI=1S/C14H19BN2O4/c1-8-5-10(13(16)18)6-9(2)11(8)7-12(14(19)21-4)17-15(3)20/h5-6,20H,7H2,1-4H3,(H2,16,18). The number of methoxy groups -OCH3 is 1. The van der Waals surface area contributed by atoms with Crippen LogP contribution < -0.4 is 5.73 Å². The highest BCUT2D eigenvalue weighted by atomic mass is 16.5. The lowest BCUT2D eigenvalue weighted by Gasteiger charge is -2.13. The molecule has 112 valence electrons. The Kier molecular flexibility index (Phi) is 5.66. The largest absolute Gasteiger partial charge is 0.465 e. The number of primary amides is 1. The maximum absolute atomic E-state index is 11.7. The van der Waals surface area contributed by atoms with E-state index in [-0.39, 0.29) is 12.1 Å². The highest BCUT2D eigenvalue weighted by molar-refractivity contribution is 6.53. The van der Waals surface area contributed by atoms with Gasteiger partial charge in [0.1, 0.15) is 5.71 Å². The molecule has 0 aromatic heterocycles. The van der Waals surface area contributed by atoms with Gasteiger partial charge in [0.25, 0.3) is 0 Å². The maximum Gasteiger partial charge on any atom is 0.428 e. The second-order valence-electron chi connectivity index (χ2n) is 4.83. The molecule has 0 saturated heterocycles. The number of nitrogens with two attached hydrogens (primary N) is 1. The number of hydrogen-bond donors (Lipinski definition) is 2. The van der Waals surface area contributed by atoms with Crippen molar-refractivity contribution >= 4 is 24.6 Å². The molecule has 0 atom stereocenters. The van der Waals surface area contributed by atoms with Crippen LogP contribution in [0.1, 0.15) is 27.0 Å². The van der Waals surface area contributed by atoms with Crippen LogP contribution in [0.4, 0.5) is 0 Å². The van der Waals surface area contributed by atoms with E-state index in [1.807, 2.05) is 13.8 Å². The van der Waals surface area contributed by atoms with Gasteiger partial charge >= 0.3 is 13.0 Å². The van der Waals surface area contributed by atoms with Crippen molar-refractivity contribution in [3.05, 3.63) is 34.4 Å². The lowest BCUT2D eigenvalue weighted by Crippen LogP contribution is -2.23. The molecule has 0 aliphatic carbocycles. The molecule has 1 rings (SSSR count). The summed E-state index contributed by atoms with van der Waals surface area (Å²) >= 11 is 0. The van der Waals surface area contributed by atoms with Crippen molar-refractivity contribution in [1.29, 1.82) is 0 Å². The van der Waals surface area contributed by atoms with Crippen molar-refractivity contribution in [2.24, 2.45) is 10.6 Å². The molecule has 0 aliphatic heterocycles. The molecule has 1 aromatic rings. The number of hydrogen-bond acceptors (Lipinski definition) is 5. The summed E-state index contributed by atoms with van der Waals surface area (Å²) in [6.07, 6.45) is 0.217. The molecule has 1 aromatic carbocycles. The number of carbonyl (C=O) groups excluding carboxylic acids is 2. The summed E-state index contributed by atoms with van der Waals surface area (Å²) in [7, 11) is 0.264. The average molecular weight is 290 g/mol. The lowest BCUT2D eigenvalue weighted by molar-refractivity contribution is -0.132. The monoisotopic (exact) mass is 290 g/mol. The summed E-state index contributed by atoms with van der Waals surface area (Å²) in [6, 6.07) is 3.34. The second kappa shape index (κ2) is 7.03. The minimum atomic E-state index is -0.996. The molecule has 6 nitrogen and oxygen atoms in total. The quantitative estimate of drug-likeness (QED) is 0.472. The van der Waals surface area contributed by atoms with Gasteiger partial charge in [0, 0.05) is 12.0 Å². The molecular weight excluding hydrogens is 271 g/mol. The number of carbonyl (C=O) groups is 2. The third-order valence-corrected chi connectivity index (χ3v) is 3.09. The molecular formula is C14H19BN2O4. The summed E-state index contributed by atoms with van der Waals surface area (Å²) in [5, 5.41) is 9.34. The zero-order valence-corrected chi connectivity index (χ0v) is 12.6. The first-order valence-electron chi connectivity index (χ1n) is 6.49. The van der Waals surface area contributed by atoms with Crippen LogP contribution in [0.3, 0.4) is 0 Å². The van der Waals surface area contributed by atoms with E-state index >= 15 is 0 Å². The molecule has 0 radical (unpaired) electrons. The fourth-order valence-electron chi connectivity index (χ4n) is 2.10. The summed E-state index contributed by atoms with van der Waals surface area (Å²) in [4.78, 5) is 26.8. The number of aryl methyl sites for hydroxylation is 2. The van der Waals surface area contributed by atoms with Crippen LogP contribution in [-0.4, -0.2) is 36.8 Å². The number of rotatable bonds is 5. The third kappa shape index (κ3) is 4.42. The average Bonchev–Trinajstić information content (AvgIpc) is 2.39. The van der Waals surface area contributed by atoms with Gasteiger partial charge in [-0.1, -0.05) is 0 Å². The van der Waals surface area contributed by atoms with Crippen LogP contribution in [0.15, 0.2) is 17.0 Å². The highest BCUT2D eigenvalue weighted by Gasteiger charge is 2.18. The van der Waals surface area contributed by atoms with Gasteiger partial charge < -0.3 is 20.4 Å². The number of benzene rings is 1. The summed E-state index contributed by atoms with van der Waals surface area (Å²) in [5.74, 6) is -1.09. The van der Waals surface area contributed by atoms with Gasteiger partial charge in [-0.15, -0.1) is 0 Å². The molecule has 21 heavy (non-hydrogen) atoms. The Morgan fingerprint density at radius 1 is 1.33 bits per heavy atom. The van der Waals surface area contributed by atoms with Crippen molar-refractivity contribution in [3.8, 4) is 0 Å². The SMILES string of the molecule is COC(=O)C(Cc1c(C)cc(C(N)=O)cc1C)=NB(C)O. The minimum absolute atomic E-state index is 0.130. The van der Waals surface area contributed by atoms with E-state index in [4.69, 9.17) is 5.73 Å². The number of esters is 1. The molecule has 0 saturated carbocycles. The summed E-state index contributed by atoms with van der Waals surface area (Å²) in [6.45, 7) is 5.11. The number of ether oxygens (including phenoxy) is 1. The Bertz CT molecular complexity index is 574. The fraction of sp³-hybridized carbons (Fsp3) is 0.357. The van der Waals surface area contributed by atoms with Crippen LogP contribution in [0.2, 0.25) is 6.82 Å². The molecule has 0 heterocycles. The Hall–Kier alpha value is -2.15. The van der Waals surface area contributed by atoms with Crippen LogP contribution in [0.25, 0.3) is 0 Å². The Balaban J connectivity index is 3.22. The predicted molar refractivity (Wildman–Crippen MR) is 81.4 cm³/mol. The van der Waals surface area contributed by atoms with Crippen molar-refractivity contribution in [2.45, 2.75) is 27.1 Å². The Morgan fingerprint density at radius 2 is 1.86 bits per heavy atom. The van der Waals surface area contributed by atoms with Gasteiger partial charge in [0.2, 0.25) is 5.91 Å². The van der Waals surface area contributed by atoms with Crippen LogP contribution >= 0.6 is 0 Å². The van der Waals surface area contributed by atoms with Gasteiger partial charge in [-0.2, -0.15) is 0 Å². The van der Waals surface area contributed by atoms with Crippen molar-refractivity contribution < 1.29 is 19.3 Å². The molecule has 3 N–H and O–H groups in total. The van der Waals surface area contributed by atoms with E-state index in [2.05, 4.69) is 9.64 Å². The smallest absolute Gasteiger partial charge is 0.428 e. The Morgan fingerprint density at radius 3 is 2.24 bits per heavy atom. The molecule has 0 unspecified atom stereocenters. The molecule has 1 amide bonds. The first-order chi connectivity index (χ1) is 9.76. The minimum Gasteiger partial charge on any atom is -0.465 e. The van der Waals surface area contributed by atoms with Gasteiger partial charge in [-0.3, -0.25) is 4.79 Å². The molecule has 0 spiro atoms. The van der Waals surface area contributed by atoms with Crippen molar-refractivity contribution in [1.82, 2.24) is 0 Å².